The number of hydrogen-bond acceptors (Lipinski definition) is 6. The predicted molar refractivity (Wildman–Crippen MR) is 119 cm³/mol. The van der Waals surface area contributed by atoms with Gasteiger partial charge < -0.3 is 0 Å². The average molecular weight is 428 g/mol. The third-order valence-corrected chi connectivity index (χ3v) is 4.77. The summed E-state index contributed by atoms with van der Waals surface area (Å²) in [6, 6.07) is 15.8. The summed E-state index contributed by atoms with van der Waals surface area (Å²) >= 11 is 0. The van der Waals surface area contributed by atoms with E-state index in [1.807, 2.05) is 30.3 Å². The summed E-state index contributed by atoms with van der Waals surface area (Å²) in [5.74, 6) is -0.747. The van der Waals surface area contributed by atoms with Gasteiger partial charge in [-0.3, -0.25) is 25.2 Å². The third-order valence-electron chi connectivity index (χ3n) is 4.77. The lowest BCUT2D eigenvalue weighted by Gasteiger charge is -2.13. The minimum atomic E-state index is -0.647. The van der Waals surface area contributed by atoms with E-state index in [0.29, 0.717) is 16.6 Å². The maximum Gasteiger partial charge on any atom is 0.290 e. The number of amides is 2. The third kappa shape index (κ3) is 4.08. The molecule has 4 aromatic rings. The molecule has 0 atom stereocenters. The van der Waals surface area contributed by atoms with Gasteiger partial charge in [0.2, 0.25) is 0 Å². The average Bonchev–Trinajstić information content (AvgIpc) is 2.83. The molecule has 32 heavy (non-hydrogen) atoms. The van der Waals surface area contributed by atoms with Gasteiger partial charge in [0.25, 0.3) is 17.4 Å². The fourth-order valence-electron chi connectivity index (χ4n) is 3.15. The van der Waals surface area contributed by atoms with Crippen LogP contribution in [0, 0.1) is 0 Å². The zero-order chi connectivity index (χ0) is 22.7. The minimum absolute atomic E-state index is 0.0323. The number of hydrazine groups is 1. The van der Waals surface area contributed by atoms with Crippen molar-refractivity contribution in [2.75, 3.05) is 0 Å². The molecular formula is C23H20N6O3. The van der Waals surface area contributed by atoms with Gasteiger partial charge in [-0.05, 0) is 19.9 Å². The van der Waals surface area contributed by atoms with Crippen molar-refractivity contribution in [2.45, 2.75) is 19.9 Å². The molecule has 2 aromatic carbocycles. The van der Waals surface area contributed by atoms with Gasteiger partial charge in [0.15, 0.2) is 11.5 Å². The van der Waals surface area contributed by atoms with Crippen molar-refractivity contribution >= 4 is 22.6 Å². The standard InChI is InChI=1S/C23H20N6O3/c1-14(2)29-23(32)18-11-7-6-10-17(18)19(28-29)22(31)27-26-21(30)16-12-24-20(25-13-16)15-8-4-3-5-9-15/h3-14H,1-2H3,(H,26,30)(H,27,31). The SMILES string of the molecule is CC(C)n1nc(C(=O)NNC(=O)c2cnc(-c3ccccc3)nc2)c2ccccc2c1=O. The molecule has 0 radical (unpaired) electrons. The number of carbonyl (C=O) groups excluding carboxylic acids is 2. The Bertz CT molecular complexity index is 1350. The van der Waals surface area contributed by atoms with Crippen LogP contribution in [0.1, 0.15) is 40.7 Å². The van der Waals surface area contributed by atoms with Crippen molar-refractivity contribution in [1.82, 2.24) is 30.6 Å². The van der Waals surface area contributed by atoms with Crippen LogP contribution >= 0.6 is 0 Å². The summed E-state index contributed by atoms with van der Waals surface area (Å²) in [6.45, 7) is 3.59. The van der Waals surface area contributed by atoms with E-state index in [9.17, 15) is 14.4 Å². The fraction of sp³-hybridized carbons (Fsp3) is 0.130. The monoisotopic (exact) mass is 428 g/mol. The highest BCUT2D eigenvalue weighted by atomic mass is 16.2. The van der Waals surface area contributed by atoms with Crippen LogP contribution < -0.4 is 16.4 Å². The van der Waals surface area contributed by atoms with E-state index < -0.39 is 11.8 Å². The van der Waals surface area contributed by atoms with Crippen LogP contribution in [0.4, 0.5) is 0 Å². The van der Waals surface area contributed by atoms with Gasteiger partial charge >= 0.3 is 0 Å². The first-order valence-corrected chi connectivity index (χ1v) is 9.95. The topological polar surface area (TPSA) is 119 Å². The number of hydrogen-bond donors (Lipinski definition) is 2. The molecule has 0 unspecified atom stereocenters. The number of benzene rings is 2. The molecule has 0 aliphatic rings. The Kier molecular flexibility index (Phi) is 5.71. The molecule has 9 heteroatoms. The summed E-state index contributed by atoms with van der Waals surface area (Å²) in [5.41, 5.74) is 5.44. The lowest BCUT2D eigenvalue weighted by Crippen LogP contribution is -2.43. The molecule has 0 fully saturated rings. The van der Waals surface area contributed by atoms with E-state index in [4.69, 9.17) is 0 Å². The number of nitrogens with zero attached hydrogens (tertiary/aromatic N) is 4. The number of nitrogens with one attached hydrogen (secondary N) is 2. The van der Waals surface area contributed by atoms with E-state index in [1.54, 1.807) is 38.1 Å². The zero-order valence-electron chi connectivity index (χ0n) is 17.4. The van der Waals surface area contributed by atoms with Crippen LogP contribution in [-0.4, -0.2) is 31.6 Å². The molecular weight excluding hydrogens is 408 g/mol. The largest absolute Gasteiger partial charge is 0.290 e. The molecule has 0 spiro atoms. The maximum absolute atomic E-state index is 12.8. The quantitative estimate of drug-likeness (QED) is 0.482. The summed E-state index contributed by atoms with van der Waals surface area (Å²) < 4.78 is 1.25. The molecule has 2 N–H and O–H groups in total. The van der Waals surface area contributed by atoms with Gasteiger partial charge in [-0.15, -0.1) is 0 Å². The molecule has 0 saturated carbocycles. The Morgan fingerprint density at radius 2 is 1.44 bits per heavy atom. The molecule has 4 rings (SSSR count). The smallest absolute Gasteiger partial charge is 0.267 e. The van der Waals surface area contributed by atoms with Crippen molar-refractivity contribution in [3.63, 3.8) is 0 Å². The van der Waals surface area contributed by atoms with E-state index >= 15 is 0 Å². The highest BCUT2D eigenvalue weighted by Crippen LogP contribution is 2.15. The van der Waals surface area contributed by atoms with Gasteiger partial charge in [0.05, 0.1) is 17.0 Å². The Balaban J connectivity index is 1.53. The lowest BCUT2D eigenvalue weighted by molar-refractivity contribution is 0.0843. The number of carbonyl (C=O) groups is 2. The van der Waals surface area contributed by atoms with Crippen LogP contribution in [0.5, 0.6) is 0 Å². The summed E-state index contributed by atoms with van der Waals surface area (Å²) in [6.07, 6.45) is 2.76. The second-order valence-electron chi connectivity index (χ2n) is 7.31. The van der Waals surface area contributed by atoms with Crippen molar-refractivity contribution < 1.29 is 9.59 Å². The molecule has 2 aromatic heterocycles. The van der Waals surface area contributed by atoms with Crippen molar-refractivity contribution in [2.24, 2.45) is 0 Å². The van der Waals surface area contributed by atoms with Crippen molar-refractivity contribution in [3.8, 4) is 11.4 Å². The first-order chi connectivity index (χ1) is 15.5. The Morgan fingerprint density at radius 3 is 2.09 bits per heavy atom. The highest BCUT2D eigenvalue weighted by Gasteiger charge is 2.18. The van der Waals surface area contributed by atoms with Crippen LogP contribution in [0.25, 0.3) is 22.2 Å². The molecule has 0 saturated heterocycles. The maximum atomic E-state index is 12.8. The number of aromatic nitrogens is 4. The predicted octanol–water partition coefficient (Wildman–Crippen LogP) is 2.51. The summed E-state index contributed by atoms with van der Waals surface area (Å²) in [5, 5.41) is 4.98. The van der Waals surface area contributed by atoms with E-state index in [-0.39, 0.29) is 22.9 Å². The molecule has 2 amide bonds. The van der Waals surface area contributed by atoms with Crippen molar-refractivity contribution in [1.29, 1.82) is 0 Å². The molecule has 0 bridgehead atoms. The van der Waals surface area contributed by atoms with Crippen LogP contribution in [0.3, 0.4) is 0 Å². The fourth-order valence-corrected chi connectivity index (χ4v) is 3.15. The second kappa shape index (κ2) is 8.76. The Labute approximate surface area is 183 Å². The molecule has 2 heterocycles. The van der Waals surface area contributed by atoms with Gasteiger partial charge in [-0.1, -0.05) is 48.5 Å². The first kappa shape index (κ1) is 20.9. The number of fused-ring (bicyclic) bond motifs is 1. The lowest BCUT2D eigenvalue weighted by atomic mass is 10.1. The normalized spacial score (nSPS) is 10.8. The summed E-state index contributed by atoms with van der Waals surface area (Å²) in [7, 11) is 0. The molecule has 160 valence electrons. The Morgan fingerprint density at radius 1 is 0.844 bits per heavy atom. The van der Waals surface area contributed by atoms with Gasteiger partial charge in [-0.2, -0.15) is 5.10 Å². The number of rotatable bonds is 4. The van der Waals surface area contributed by atoms with Gasteiger partial charge in [0.1, 0.15) is 0 Å². The zero-order valence-corrected chi connectivity index (χ0v) is 17.4. The van der Waals surface area contributed by atoms with Crippen LogP contribution in [0.15, 0.2) is 71.8 Å². The van der Waals surface area contributed by atoms with Gasteiger partial charge in [0, 0.05) is 23.3 Å². The van der Waals surface area contributed by atoms with Crippen LogP contribution in [-0.2, 0) is 0 Å². The molecule has 0 aliphatic carbocycles. The molecule has 0 aliphatic heterocycles. The van der Waals surface area contributed by atoms with Crippen molar-refractivity contribution in [3.05, 3.63) is 88.6 Å². The summed E-state index contributed by atoms with van der Waals surface area (Å²) in [4.78, 5) is 46.2. The van der Waals surface area contributed by atoms with Gasteiger partial charge in [-0.25, -0.2) is 14.6 Å². The van der Waals surface area contributed by atoms with Crippen LogP contribution in [0.2, 0.25) is 0 Å². The van der Waals surface area contributed by atoms with E-state index in [1.165, 1.54) is 17.1 Å². The second-order valence-corrected chi connectivity index (χ2v) is 7.31. The van der Waals surface area contributed by atoms with E-state index in [0.717, 1.165) is 5.56 Å². The molecule has 9 nitrogen and oxygen atoms in total. The highest BCUT2D eigenvalue weighted by molar-refractivity contribution is 6.06. The Hall–Kier alpha value is -4.40. The van der Waals surface area contributed by atoms with E-state index in [2.05, 4.69) is 25.9 Å². The minimum Gasteiger partial charge on any atom is -0.267 e. The first-order valence-electron chi connectivity index (χ1n) is 9.95.